The smallest absolute Gasteiger partial charge is 0.226 e. The highest BCUT2D eigenvalue weighted by atomic mass is 16.5. The third-order valence-corrected chi connectivity index (χ3v) is 2.56. The van der Waals surface area contributed by atoms with E-state index in [1.807, 2.05) is 19.1 Å². The number of amides is 1. The van der Waals surface area contributed by atoms with Crippen molar-refractivity contribution in [1.82, 2.24) is 0 Å². The standard InChI is InChI=1S/C13H20N2O3/c1-10-11(14)4-3-5-12(10)15-13(16)6-7-18-9-8-17-2/h3-5H,6-9,14H2,1-2H3,(H,15,16). The summed E-state index contributed by atoms with van der Waals surface area (Å²) in [6.07, 6.45) is 0.317. The Morgan fingerprint density at radius 2 is 2.11 bits per heavy atom. The van der Waals surface area contributed by atoms with Crippen molar-refractivity contribution in [3.8, 4) is 0 Å². The van der Waals surface area contributed by atoms with Crippen LogP contribution in [0.3, 0.4) is 0 Å². The predicted octanol–water partition coefficient (Wildman–Crippen LogP) is 1.57. The lowest BCUT2D eigenvalue weighted by Gasteiger charge is -2.10. The van der Waals surface area contributed by atoms with Gasteiger partial charge in [-0.2, -0.15) is 0 Å². The van der Waals surface area contributed by atoms with Gasteiger partial charge in [0.15, 0.2) is 0 Å². The van der Waals surface area contributed by atoms with Crippen LogP contribution >= 0.6 is 0 Å². The van der Waals surface area contributed by atoms with Crippen molar-refractivity contribution in [2.75, 3.05) is 38.0 Å². The van der Waals surface area contributed by atoms with Gasteiger partial charge in [-0.3, -0.25) is 4.79 Å². The minimum atomic E-state index is -0.0823. The van der Waals surface area contributed by atoms with Crippen LogP contribution in [-0.2, 0) is 14.3 Å². The van der Waals surface area contributed by atoms with E-state index in [0.29, 0.717) is 31.9 Å². The molecule has 0 spiro atoms. The highest BCUT2D eigenvalue weighted by molar-refractivity contribution is 5.92. The van der Waals surface area contributed by atoms with Gasteiger partial charge in [0, 0.05) is 18.5 Å². The monoisotopic (exact) mass is 252 g/mol. The first-order valence-corrected chi connectivity index (χ1v) is 5.86. The van der Waals surface area contributed by atoms with Gasteiger partial charge in [-0.25, -0.2) is 0 Å². The van der Waals surface area contributed by atoms with Gasteiger partial charge in [0.1, 0.15) is 0 Å². The van der Waals surface area contributed by atoms with E-state index in [9.17, 15) is 4.79 Å². The molecule has 5 nitrogen and oxygen atoms in total. The number of ether oxygens (including phenoxy) is 2. The molecular formula is C13H20N2O3. The second kappa shape index (κ2) is 7.68. The molecule has 0 aliphatic carbocycles. The number of carbonyl (C=O) groups excluding carboxylic acids is 1. The molecule has 0 fully saturated rings. The molecule has 1 aromatic rings. The summed E-state index contributed by atoms with van der Waals surface area (Å²) in [6.45, 7) is 3.30. The molecule has 1 aromatic carbocycles. The fourth-order valence-corrected chi connectivity index (χ4v) is 1.41. The van der Waals surface area contributed by atoms with E-state index in [1.165, 1.54) is 0 Å². The fraction of sp³-hybridized carbons (Fsp3) is 0.462. The van der Waals surface area contributed by atoms with Gasteiger partial charge < -0.3 is 20.5 Å². The molecular weight excluding hydrogens is 232 g/mol. The molecule has 100 valence electrons. The van der Waals surface area contributed by atoms with Gasteiger partial charge in [-0.1, -0.05) is 6.07 Å². The Labute approximate surface area is 107 Å². The highest BCUT2D eigenvalue weighted by Gasteiger charge is 2.06. The maximum atomic E-state index is 11.6. The topological polar surface area (TPSA) is 73.6 Å². The van der Waals surface area contributed by atoms with Gasteiger partial charge >= 0.3 is 0 Å². The van der Waals surface area contributed by atoms with Crippen molar-refractivity contribution in [2.24, 2.45) is 0 Å². The molecule has 18 heavy (non-hydrogen) atoms. The predicted molar refractivity (Wildman–Crippen MR) is 71.5 cm³/mol. The summed E-state index contributed by atoms with van der Waals surface area (Å²) in [5.41, 5.74) is 8.06. The number of carbonyl (C=O) groups is 1. The van der Waals surface area contributed by atoms with E-state index in [1.54, 1.807) is 13.2 Å². The van der Waals surface area contributed by atoms with Crippen molar-refractivity contribution in [3.05, 3.63) is 23.8 Å². The number of hydrogen-bond donors (Lipinski definition) is 2. The molecule has 0 saturated heterocycles. The molecule has 3 N–H and O–H groups in total. The number of hydrogen-bond acceptors (Lipinski definition) is 4. The first-order valence-electron chi connectivity index (χ1n) is 5.86. The van der Waals surface area contributed by atoms with Crippen LogP contribution in [0.5, 0.6) is 0 Å². The Hall–Kier alpha value is -1.59. The summed E-state index contributed by atoms with van der Waals surface area (Å²) in [7, 11) is 1.61. The van der Waals surface area contributed by atoms with Gasteiger partial charge in [0.05, 0.1) is 26.2 Å². The second-order valence-corrected chi connectivity index (χ2v) is 3.92. The van der Waals surface area contributed by atoms with E-state index in [2.05, 4.69) is 5.32 Å². The lowest BCUT2D eigenvalue weighted by atomic mass is 10.1. The quantitative estimate of drug-likeness (QED) is 0.570. The number of benzene rings is 1. The summed E-state index contributed by atoms with van der Waals surface area (Å²) in [4.78, 5) is 11.6. The zero-order valence-electron chi connectivity index (χ0n) is 10.9. The fourth-order valence-electron chi connectivity index (χ4n) is 1.41. The van der Waals surface area contributed by atoms with Gasteiger partial charge in [-0.05, 0) is 24.6 Å². The minimum absolute atomic E-state index is 0.0823. The number of nitrogens with one attached hydrogen (secondary N) is 1. The van der Waals surface area contributed by atoms with E-state index in [0.717, 1.165) is 11.3 Å². The minimum Gasteiger partial charge on any atom is -0.398 e. The van der Waals surface area contributed by atoms with Crippen LogP contribution in [0, 0.1) is 6.92 Å². The van der Waals surface area contributed by atoms with Crippen LogP contribution in [0.15, 0.2) is 18.2 Å². The van der Waals surface area contributed by atoms with Crippen molar-refractivity contribution in [2.45, 2.75) is 13.3 Å². The normalized spacial score (nSPS) is 10.3. The number of anilines is 2. The van der Waals surface area contributed by atoms with Crippen molar-refractivity contribution in [3.63, 3.8) is 0 Å². The molecule has 0 aromatic heterocycles. The lowest BCUT2D eigenvalue weighted by molar-refractivity contribution is -0.117. The average Bonchev–Trinajstić information content (AvgIpc) is 2.35. The van der Waals surface area contributed by atoms with Crippen molar-refractivity contribution < 1.29 is 14.3 Å². The molecule has 1 amide bonds. The summed E-state index contributed by atoms with van der Waals surface area (Å²) in [5, 5.41) is 2.81. The Bertz CT molecular complexity index is 394. The third-order valence-electron chi connectivity index (χ3n) is 2.56. The Kier molecular flexibility index (Phi) is 6.18. The van der Waals surface area contributed by atoms with E-state index in [-0.39, 0.29) is 5.91 Å². The van der Waals surface area contributed by atoms with E-state index in [4.69, 9.17) is 15.2 Å². The SMILES string of the molecule is COCCOCCC(=O)Nc1cccc(N)c1C. The molecule has 0 atom stereocenters. The van der Waals surface area contributed by atoms with E-state index < -0.39 is 0 Å². The zero-order valence-corrected chi connectivity index (χ0v) is 10.9. The summed E-state index contributed by atoms with van der Waals surface area (Å²) in [6, 6.07) is 5.45. The number of rotatable bonds is 7. The average molecular weight is 252 g/mol. The maximum absolute atomic E-state index is 11.6. The van der Waals surface area contributed by atoms with Crippen LogP contribution in [0.2, 0.25) is 0 Å². The molecule has 0 bridgehead atoms. The molecule has 0 aliphatic rings. The first kappa shape index (κ1) is 14.5. The number of methoxy groups -OCH3 is 1. The van der Waals surface area contributed by atoms with Crippen LogP contribution in [0.25, 0.3) is 0 Å². The van der Waals surface area contributed by atoms with Crippen LogP contribution < -0.4 is 11.1 Å². The summed E-state index contributed by atoms with van der Waals surface area (Å²) < 4.78 is 10.1. The molecule has 0 saturated carbocycles. The van der Waals surface area contributed by atoms with Gasteiger partial charge in [0.25, 0.3) is 0 Å². The van der Waals surface area contributed by atoms with Gasteiger partial charge in [-0.15, -0.1) is 0 Å². The molecule has 0 aliphatic heterocycles. The third kappa shape index (κ3) is 4.73. The second-order valence-electron chi connectivity index (χ2n) is 3.92. The van der Waals surface area contributed by atoms with Crippen molar-refractivity contribution >= 4 is 17.3 Å². The van der Waals surface area contributed by atoms with Crippen LogP contribution in [-0.4, -0.2) is 32.8 Å². The van der Waals surface area contributed by atoms with Crippen molar-refractivity contribution in [1.29, 1.82) is 0 Å². The molecule has 0 unspecified atom stereocenters. The zero-order chi connectivity index (χ0) is 13.4. The molecule has 1 rings (SSSR count). The van der Waals surface area contributed by atoms with Gasteiger partial charge in [0.2, 0.25) is 5.91 Å². The number of nitrogen functional groups attached to an aromatic ring is 1. The highest BCUT2D eigenvalue weighted by Crippen LogP contribution is 2.20. The lowest BCUT2D eigenvalue weighted by Crippen LogP contribution is -2.16. The van der Waals surface area contributed by atoms with E-state index >= 15 is 0 Å². The molecule has 0 radical (unpaired) electrons. The summed E-state index contributed by atoms with van der Waals surface area (Å²) in [5.74, 6) is -0.0823. The molecule has 0 heterocycles. The Morgan fingerprint density at radius 3 is 2.83 bits per heavy atom. The number of nitrogens with two attached hydrogens (primary N) is 1. The Morgan fingerprint density at radius 1 is 1.33 bits per heavy atom. The Balaban J connectivity index is 2.34. The maximum Gasteiger partial charge on any atom is 0.226 e. The summed E-state index contributed by atoms with van der Waals surface area (Å²) >= 11 is 0. The van der Waals surface area contributed by atoms with Crippen LogP contribution in [0.4, 0.5) is 11.4 Å². The largest absolute Gasteiger partial charge is 0.398 e. The van der Waals surface area contributed by atoms with Crippen LogP contribution in [0.1, 0.15) is 12.0 Å². The first-order chi connectivity index (χ1) is 8.65. The molecule has 5 heteroatoms.